The molecule has 1 N–H and O–H groups in total. The lowest BCUT2D eigenvalue weighted by Crippen LogP contribution is -1.84. The molecule has 0 aliphatic rings. The van der Waals surface area contributed by atoms with Crippen molar-refractivity contribution in [2.24, 2.45) is 0 Å². The van der Waals surface area contributed by atoms with Gasteiger partial charge in [-0.15, -0.1) is 23.1 Å². The van der Waals surface area contributed by atoms with E-state index >= 15 is 0 Å². The lowest BCUT2D eigenvalue weighted by Gasteiger charge is -2.01. The van der Waals surface area contributed by atoms with Crippen molar-refractivity contribution in [2.75, 3.05) is 6.26 Å². The normalized spacial score (nSPS) is 11.1. The van der Waals surface area contributed by atoms with Gasteiger partial charge in [0.1, 0.15) is 0 Å². The summed E-state index contributed by atoms with van der Waals surface area (Å²) in [5.74, 6) is 0. The largest absolute Gasteiger partial charge is 0.392 e. The van der Waals surface area contributed by atoms with Crippen molar-refractivity contribution in [1.29, 1.82) is 0 Å². The molecule has 14 heavy (non-hydrogen) atoms. The highest BCUT2D eigenvalue weighted by molar-refractivity contribution is 7.99. The molecular weight excluding hydrogens is 212 g/mol. The van der Waals surface area contributed by atoms with E-state index in [1.165, 1.54) is 19.9 Å². The number of aliphatic hydroxyl groups excluding tert-OH is 1. The van der Waals surface area contributed by atoms with Crippen LogP contribution in [0.5, 0.6) is 0 Å². The van der Waals surface area contributed by atoms with E-state index in [4.69, 9.17) is 0 Å². The first-order chi connectivity index (χ1) is 6.77. The molecule has 2 rings (SSSR count). The zero-order chi connectivity index (χ0) is 10.1. The molecule has 0 radical (unpaired) electrons. The maximum Gasteiger partial charge on any atom is 0.0688 e. The summed E-state index contributed by atoms with van der Waals surface area (Å²) in [5.41, 5.74) is 1.04. The van der Waals surface area contributed by atoms with Gasteiger partial charge in [0.2, 0.25) is 0 Å². The Morgan fingerprint density at radius 2 is 2.21 bits per heavy atom. The second-order valence-corrected chi connectivity index (χ2v) is 5.21. The molecule has 1 aromatic heterocycles. The Bertz CT molecular complexity index is 460. The van der Waals surface area contributed by atoms with E-state index in [0.29, 0.717) is 0 Å². The highest BCUT2D eigenvalue weighted by atomic mass is 32.2. The van der Waals surface area contributed by atoms with Crippen LogP contribution < -0.4 is 0 Å². The standard InChI is InChI=1S/C11H12OS2/c1-7-11(13-2)10-8(6-12)4-3-5-9(10)14-7/h3-5,12H,6H2,1-2H3. The summed E-state index contributed by atoms with van der Waals surface area (Å²) in [6, 6.07) is 6.12. The fourth-order valence-corrected chi connectivity index (χ4v) is 3.86. The molecule has 74 valence electrons. The molecule has 0 fully saturated rings. The van der Waals surface area contributed by atoms with Gasteiger partial charge in [0.05, 0.1) is 6.61 Å². The summed E-state index contributed by atoms with van der Waals surface area (Å²) in [6.45, 7) is 2.26. The zero-order valence-electron chi connectivity index (χ0n) is 8.20. The molecule has 0 aliphatic heterocycles. The second kappa shape index (κ2) is 3.93. The molecule has 0 unspecified atom stereocenters. The zero-order valence-corrected chi connectivity index (χ0v) is 9.84. The SMILES string of the molecule is CSc1c(C)sc2cccc(CO)c12. The summed E-state index contributed by atoms with van der Waals surface area (Å²) < 4.78 is 1.28. The van der Waals surface area contributed by atoms with Gasteiger partial charge in [-0.3, -0.25) is 0 Å². The van der Waals surface area contributed by atoms with Crippen molar-refractivity contribution in [2.45, 2.75) is 18.4 Å². The predicted octanol–water partition coefficient (Wildman–Crippen LogP) is 3.42. The third-order valence-corrected chi connectivity index (χ3v) is 4.42. The molecular formula is C11H12OS2. The van der Waals surface area contributed by atoms with Crippen molar-refractivity contribution in [3.63, 3.8) is 0 Å². The number of rotatable bonds is 2. The van der Waals surface area contributed by atoms with E-state index < -0.39 is 0 Å². The summed E-state index contributed by atoms with van der Waals surface area (Å²) in [6.07, 6.45) is 2.09. The average Bonchev–Trinajstić information content (AvgIpc) is 2.52. The fourth-order valence-electron chi connectivity index (χ4n) is 1.68. The Labute approximate surface area is 91.8 Å². The van der Waals surface area contributed by atoms with Gasteiger partial charge < -0.3 is 5.11 Å². The number of aliphatic hydroxyl groups is 1. The topological polar surface area (TPSA) is 20.2 Å². The van der Waals surface area contributed by atoms with Crippen LogP contribution in [0.4, 0.5) is 0 Å². The Balaban J connectivity index is 2.82. The van der Waals surface area contributed by atoms with Crippen molar-refractivity contribution in [3.05, 3.63) is 28.6 Å². The maximum absolute atomic E-state index is 9.26. The number of hydrogen-bond acceptors (Lipinski definition) is 3. The van der Waals surface area contributed by atoms with Crippen LogP contribution in [0, 0.1) is 6.92 Å². The highest BCUT2D eigenvalue weighted by Crippen LogP contribution is 2.38. The van der Waals surface area contributed by atoms with Gasteiger partial charge in [0, 0.05) is 19.9 Å². The van der Waals surface area contributed by atoms with E-state index in [9.17, 15) is 5.11 Å². The summed E-state index contributed by atoms with van der Waals surface area (Å²) in [7, 11) is 0. The quantitative estimate of drug-likeness (QED) is 0.789. The smallest absolute Gasteiger partial charge is 0.0688 e. The van der Waals surface area contributed by atoms with E-state index in [1.54, 1.807) is 23.1 Å². The number of benzene rings is 1. The molecule has 1 nitrogen and oxygen atoms in total. The lowest BCUT2D eigenvalue weighted by molar-refractivity contribution is 0.283. The van der Waals surface area contributed by atoms with Gasteiger partial charge in [-0.1, -0.05) is 12.1 Å². The number of thiophene rings is 1. The van der Waals surface area contributed by atoms with Gasteiger partial charge in [-0.25, -0.2) is 0 Å². The molecule has 1 aromatic carbocycles. The summed E-state index contributed by atoms with van der Waals surface area (Å²) in [4.78, 5) is 2.66. The van der Waals surface area contributed by atoms with Crippen LogP contribution in [0.25, 0.3) is 10.1 Å². The van der Waals surface area contributed by atoms with E-state index in [2.05, 4.69) is 19.2 Å². The van der Waals surface area contributed by atoms with Crippen LogP contribution in [0.15, 0.2) is 23.1 Å². The number of aryl methyl sites for hydroxylation is 1. The monoisotopic (exact) mass is 224 g/mol. The van der Waals surface area contributed by atoms with Crippen molar-refractivity contribution < 1.29 is 5.11 Å². The average molecular weight is 224 g/mol. The van der Waals surface area contributed by atoms with Gasteiger partial charge in [-0.2, -0.15) is 0 Å². The molecule has 1 heterocycles. The number of fused-ring (bicyclic) bond motifs is 1. The van der Waals surface area contributed by atoms with Crippen LogP contribution >= 0.6 is 23.1 Å². The molecule has 0 amide bonds. The minimum atomic E-state index is 0.126. The Kier molecular flexibility index (Phi) is 2.81. The number of thioether (sulfide) groups is 1. The molecule has 2 aromatic rings. The lowest BCUT2D eigenvalue weighted by atomic mass is 10.1. The minimum Gasteiger partial charge on any atom is -0.392 e. The van der Waals surface area contributed by atoms with Crippen molar-refractivity contribution >= 4 is 33.2 Å². The Morgan fingerprint density at radius 1 is 1.43 bits per heavy atom. The second-order valence-electron chi connectivity index (χ2n) is 3.14. The van der Waals surface area contributed by atoms with E-state index in [-0.39, 0.29) is 6.61 Å². The molecule has 0 atom stereocenters. The Morgan fingerprint density at radius 3 is 2.86 bits per heavy atom. The summed E-state index contributed by atoms with van der Waals surface area (Å²) in [5, 5.41) is 10.5. The fraction of sp³-hybridized carbons (Fsp3) is 0.273. The van der Waals surface area contributed by atoms with Crippen LogP contribution in [0.1, 0.15) is 10.4 Å². The van der Waals surface area contributed by atoms with Crippen LogP contribution in [-0.2, 0) is 6.61 Å². The minimum absolute atomic E-state index is 0.126. The van der Waals surface area contributed by atoms with Gasteiger partial charge in [-0.05, 0) is 24.8 Å². The molecule has 0 saturated heterocycles. The first kappa shape index (κ1) is 10.0. The van der Waals surface area contributed by atoms with Crippen molar-refractivity contribution in [1.82, 2.24) is 0 Å². The van der Waals surface area contributed by atoms with Crippen molar-refractivity contribution in [3.8, 4) is 0 Å². The maximum atomic E-state index is 9.26. The number of hydrogen-bond donors (Lipinski definition) is 1. The van der Waals surface area contributed by atoms with Gasteiger partial charge >= 0.3 is 0 Å². The van der Waals surface area contributed by atoms with Crippen LogP contribution in [0.3, 0.4) is 0 Å². The summed E-state index contributed by atoms with van der Waals surface area (Å²) >= 11 is 3.56. The highest BCUT2D eigenvalue weighted by Gasteiger charge is 2.10. The molecule has 0 aliphatic carbocycles. The molecule has 0 spiro atoms. The van der Waals surface area contributed by atoms with E-state index in [0.717, 1.165) is 5.56 Å². The molecule has 0 bridgehead atoms. The first-order valence-corrected chi connectivity index (χ1v) is 6.48. The first-order valence-electron chi connectivity index (χ1n) is 4.43. The Hall–Kier alpha value is -0.510. The molecule has 0 saturated carbocycles. The predicted molar refractivity (Wildman–Crippen MR) is 64.3 cm³/mol. The van der Waals surface area contributed by atoms with Crippen LogP contribution in [-0.4, -0.2) is 11.4 Å². The van der Waals surface area contributed by atoms with Gasteiger partial charge in [0.25, 0.3) is 0 Å². The van der Waals surface area contributed by atoms with E-state index in [1.807, 2.05) is 12.1 Å². The van der Waals surface area contributed by atoms with Crippen LogP contribution in [0.2, 0.25) is 0 Å². The molecule has 3 heteroatoms. The third-order valence-electron chi connectivity index (χ3n) is 2.30. The third kappa shape index (κ3) is 1.45. The van der Waals surface area contributed by atoms with Gasteiger partial charge in [0.15, 0.2) is 0 Å².